The van der Waals surface area contributed by atoms with Crippen molar-refractivity contribution >= 4 is 28.5 Å². The second kappa shape index (κ2) is 9.41. The van der Waals surface area contributed by atoms with Gasteiger partial charge in [0.15, 0.2) is 6.79 Å². The molecule has 0 saturated carbocycles. The van der Waals surface area contributed by atoms with Crippen molar-refractivity contribution in [2.45, 2.75) is 14.4 Å². The topological polar surface area (TPSA) is 73.5 Å². The molecule has 0 N–H and O–H groups in total. The molecule has 0 aliphatic heterocycles. The molecule has 3 aromatic rings. The molecule has 1 heterocycles. The molecule has 0 saturated heterocycles. The molecule has 0 aliphatic carbocycles. The van der Waals surface area contributed by atoms with E-state index in [1.165, 1.54) is 19.2 Å². The van der Waals surface area contributed by atoms with Crippen molar-refractivity contribution in [2.75, 3.05) is 20.5 Å². The molecule has 1 aromatic heterocycles. The molecule has 2 aromatic carbocycles. The SMILES string of the molecule is C.CCOC(=O)c1ccc(-n2cc(C#N)c3cc(F)c(Cl)cc32)cc1OCOC. The Balaban J connectivity index is 0.00000300. The highest BCUT2D eigenvalue weighted by molar-refractivity contribution is 6.31. The molecule has 0 fully saturated rings. The lowest BCUT2D eigenvalue weighted by atomic mass is 10.1. The van der Waals surface area contributed by atoms with Crippen molar-refractivity contribution in [1.29, 1.82) is 5.26 Å². The van der Waals surface area contributed by atoms with Gasteiger partial charge in [0.1, 0.15) is 23.2 Å². The third-order valence-electron chi connectivity index (χ3n) is 4.04. The molecule has 0 radical (unpaired) electrons. The average molecular weight is 419 g/mol. The number of carbonyl (C=O) groups excluding carboxylic acids is 1. The van der Waals surface area contributed by atoms with Crippen LogP contribution < -0.4 is 4.74 Å². The van der Waals surface area contributed by atoms with Gasteiger partial charge in [-0.1, -0.05) is 19.0 Å². The predicted molar refractivity (Wildman–Crippen MR) is 108 cm³/mol. The number of ether oxygens (including phenoxy) is 3. The fraction of sp³-hybridized carbons (Fsp3) is 0.238. The van der Waals surface area contributed by atoms with Gasteiger partial charge in [-0.05, 0) is 31.2 Å². The molecule has 0 spiro atoms. The molecule has 8 heteroatoms. The van der Waals surface area contributed by atoms with Crippen LogP contribution in [0.4, 0.5) is 4.39 Å². The standard InChI is InChI=1S/C20H16ClFN2O4.CH4/c1-3-27-20(25)14-5-4-13(6-19(14)28-11-26-2)24-10-12(9-23)15-7-17(22)16(21)8-18(15)24;/h4-8,10H,3,11H2,1-2H3;1H4. The Morgan fingerprint density at radius 3 is 2.72 bits per heavy atom. The minimum absolute atomic E-state index is 0. The molecule has 6 nitrogen and oxygen atoms in total. The molecule has 0 atom stereocenters. The first-order valence-electron chi connectivity index (χ1n) is 8.33. The van der Waals surface area contributed by atoms with E-state index in [1.54, 1.807) is 35.9 Å². The molecule has 152 valence electrons. The number of esters is 1. The summed E-state index contributed by atoms with van der Waals surface area (Å²) in [5.74, 6) is -0.878. The van der Waals surface area contributed by atoms with Gasteiger partial charge in [-0.2, -0.15) is 5.26 Å². The lowest BCUT2D eigenvalue weighted by Gasteiger charge is -2.13. The summed E-state index contributed by atoms with van der Waals surface area (Å²) in [6, 6.07) is 9.56. The van der Waals surface area contributed by atoms with Gasteiger partial charge < -0.3 is 18.8 Å². The largest absolute Gasteiger partial charge is 0.467 e. The Kier molecular flexibility index (Phi) is 7.21. The van der Waals surface area contributed by atoms with Crippen LogP contribution in [0, 0.1) is 17.1 Å². The number of aromatic nitrogens is 1. The van der Waals surface area contributed by atoms with Gasteiger partial charge in [0.25, 0.3) is 0 Å². The number of rotatable bonds is 6. The maximum atomic E-state index is 13.9. The quantitative estimate of drug-likeness (QED) is 0.411. The van der Waals surface area contributed by atoms with E-state index < -0.39 is 11.8 Å². The maximum absolute atomic E-state index is 13.9. The number of benzene rings is 2. The number of nitrogens with zero attached hydrogens (tertiary/aromatic N) is 2. The van der Waals surface area contributed by atoms with Crippen LogP contribution in [0.2, 0.25) is 5.02 Å². The molecule has 0 bridgehead atoms. The Morgan fingerprint density at radius 2 is 2.07 bits per heavy atom. The van der Waals surface area contributed by atoms with Gasteiger partial charge in [-0.25, -0.2) is 9.18 Å². The van der Waals surface area contributed by atoms with E-state index in [2.05, 4.69) is 0 Å². The lowest BCUT2D eigenvalue weighted by molar-refractivity contribution is 0.0438. The van der Waals surface area contributed by atoms with Gasteiger partial charge in [0.05, 0.1) is 22.7 Å². The summed E-state index contributed by atoms with van der Waals surface area (Å²) >= 11 is 5.93. The maximum Gasteiger partial charge on any atom is 0.341 e. The van der Waals surface area contributed by atoms with E-state index >= 15 is 0 Å². The predicted octanol–water partition coefficient (Wildman–Crippen LogP) is 5.09. The molecule has 0 amide bonds. The van der Waals surface area contributed by atoms with Crippen molar-refractivity contribution in [3.8, 4) is 17.5 Å². The van der Waals surface area contributed by atoms with Crippen LogP contribution in [-0.2, 0) is 9.47 Å². The van der Waals surface area contributed by atoms with E-state index in [9.17, 15) is 14.4 Å². The fourth-order valence-corrected chi connectivity index (χ4v) is 2.96. The first-order chi connectivity index (χ1) is 13.5. The smallest absolute Gasteiger partial charge is 0.341 e. The van der Waals surface area contributed by atoms with Gasteiger partial charge in [0, 0.05) is 30.4 Å². The number of hydrogen-bond donors (Lipinski definition) is 0. The summed E-state index contributed by atoms with van der Waals surface area (Å²) in [5.41, 5.74) is 1.67. The summed E-state index contributed by atoms with van der Waals surface area (Å²) in [4.78, 5) is 12.2. The molecular formula is C21H20ClFN2O4. The van der Waals surface area contributed by atoms with Gasteiger partial charge in [-0.15, -0.1) is 0 Å². The normalized spacial score (nSPS) is 10.3. The zero-order valence-electron chi connectivity index (χ0n) is 15.2. The number of nitriles is 1. The average Bonchev–Trinajstić information content (AvgIpc) is 3.04. The second-order valence-corrected chi connectivity index (χ2v) is 6.17. The van der Waals surface area contributed by atoms with Crippen molar-refractivity contribution < 1.29 is 23.4 Å². The molecule has 0 unspecified atom stereocenters. The molecule has 0 aliphatic rings. The van der Waals surface area contributed by atoms with Crippen molar-refractivity contribution in [2.24, 2.45) is 0 Å². The lowest BCUT2D eigenvalue weighted by Crippen LogP contribution is -2.10. The van der Waals surface area contributed by atoms with Crippen LogP contribution in [-0.4, -0.2) is 31.0 Å². The van der Waals surface area contributed by atoms with Crippen LogP contribution in [0.25, 0.3) is 16.6 Å². The first-order valence-corrected chi connectivity index (χ1v) is 8.71. The fourth-order valence-electron chi connectivity index (χ4n) is 2.80. The molecule has 3 rings (SSSR count). The Hall–Kier alpha value is -3.08. The number of carbonyl (C=O) groups is 1. The zero-order chi connectivity index (χ0) is 20.3. The van der Waals surface area contributed by atoms with E-state index in [-0.39, 0.29) is 37.2 Å². The summed E-state index contributed by atoms with van der Waals surface area (Å²) < 4.78 is 31.0. The number of halogens is 2. The summed E-state index contributed by atoms with van der Waals surface area (Å²) in [6.07, 6.45) is 1.57. The first kappa shape index (κ1) is 22.2. The highest BCUT2D eigenvalue weighted by atomic mass is 35.5. The van der Waals surface area contributed by atoms with Crippen LogP contribution in [0.1, 0.15) is 30.3 Å². The minimum atomic E-state index is -0.606. The Morgan fingerprint density at radius 1 is 1.31 bits per heavy atom. The second-order valence-electron chi connectivity index (χ2n) is 5.76. The summed E-state index contributed by atoms with van der Waals surface area (Å²) in [7, 11) is 1.46. The van der Waals surface area contributed by atoms with E-state index in [4.69, 9.17) is 25.8 Å². The highest BCUT2D eigenvalue weighted by Gasteiger charge is 2.18. The number of fused-ring (bicyclic) bond motifs is 1. The van der Waals surface area contributed by atoms with E-state index in [1.807, 2.05) is 6.07 Å². The number of methoxy groups -OCH3 is 1. The molecular weight excluding hydrogens is 399 g/mol. The van der Waals surface area contributed by atoms with Crippen molar-refractivity contribution in [3.63, 3.8) is 0 Å². The van der Waals surface area contributed by atoms with Crippen LogP contribution in [0.15, 0.2) is 36.5 Å². The Bertz CT molecular complexity index is 1090. The van der Waals surface area contributed by atoms with Gasteiger partial charge in [-0.3, -0.25) is 0 Å². The third-order valence-corrected chi connectivity index (χ3v) is 4.33. The van der Waals surface area contributed by atoms with E-state index in [0.717, 1.165) is 0 Å². The third kappa shape index (κ3) is 4.34. The Labute approximate surface area is 173 Å². The van der Waals surface area contributed by atoms with Gasteiger partial charge >= 0.3 is 5.97 Å². The summed E-state index contributed by atoms with van der Waals surface area (Å²) in [5, 5.41) is 9.75. The minimum Gasteiger partial charge on any atom is -0.467 e. The van der Waals surface area contributed by atoms with Crippen LogP contribution >= 0.6 is 11.6 Å². The van der Waals surface area contributed by atoms with Gasteiger partial charge in [0.2, 0.25) is 0 Å². The number of hydrogen-bond acceptors (Lipinski definition) is 5. The highest BCUT2D eigenvalue weighted by Crippen LogP contribution is 2.31. The monoisotopic (exact) mass is 418 g/mol. The van der Waals surface area contributed by atoms with E-state index in [0.29, 0.717) is 22.2 Å². The van der Waals surface area contributed by atoms with Crippen molar-refractivity contribution in [1.82, 2.24) is 4.57 Å². The molecule has 29 heavy (non-hydrogen) atoms. The van der Waals surface area contributed by atoms with Crippen molar-refractivity contribution in [3.05, 3.63) is 58.5 Å². The van der Waals surface area contributed by atoms with Crippen LogP contribution in [0.5, 0.6) is 5.75 Å². The summed E-state index contributed by atoms with van der Waals surface area (Å²) in [6.45, 7) is 1.87. The van der Waals surface area contributed by atoms with Crippen LogP contribution in [0.3, 0.4) is 0 Å². The zero-order valence-corrected chi connectivity index (χ0v) is 15.9.